The van der Waals surface area contributed by atoms with Crippen LogP contribution in [0, 0.1) is 12.7 Å². The van der Waals surface area contributed by atoms with E-state index in [1.807, 2.05) is 0 Å². The van der Waals surface area contributed by atoms with E-state index in [0.29, 0.717) is 0 Å². The topological polar surface area (TPSA) is 64.6 Å². The Balaban J connectivity index is 2.05. The van der Waals surface area contributed by atoms with Crippen molar-refractivity contribution in [2.24, 2.45) is 0 Å². The van der Waals surface area contributed by atoms with Crippen molar-refractivity contribution in [2.75, 3.05) is 12.4 Å². The van der Waals surface area contributed by atoms with Gasteiger partial charge in [0.2, 0.25) is 0 Å². The molecule has 0 atom stereocenters. The van der Waals surface area contributed by atoms with E-state index in [1.165, 1.54) is 31.2 Å². The largest absolute Gasteiger partial charge is 0.494 e. The molecule has 3 aromatic rings. The van der Waals surface area contributed by atoms with Gasteiger partial charge in [0.15, 0.2) is 11.5 Å². The van der Waals surface area contributed by atoms with Crippen molar-refractivity contribution >= 4 is 33.3 Å². The number of hydrogen-bond donors (Lipinski definition) is 1. The van der Waals surface area contributed by atoms with Gasteiger partial charge in [0.25, 0.3) is 5.91 Å². The zero-order valence-electron chi connectivity index (χ0n) is 21.7. The second kappa shape index (κ2) is 12.4. The smallest absolute Gasteiger partial charge is 0.435 e. The quantitative estimate of drug-likeness (QED) is 0.181. The molecular weight excluding hydrogens is 672 g/mol. The Morgan fingerprint density at radius 3 is 2.09 bits per heavy atom. The highest BCUT2D eigenvalue weighted by molar-refractivity contribution is 9.10. The number of carbonyl (C=O) groups excluding carboxylic acids is 2. The van der Waals surface area contributed by atoms with E-state index < -0.39 is 69.9 Å². The van der Waals surface area contributed by atoms with E-state index >= 15 is 0 Å². The second-order valence-corrected chi connectivity index (χ2v) is 9.72. The molecule has 0 fully saturated rings. The maximum atomic E-state index is 14.7. The lowest BCUT2D eigenvalue weighted by atomic mass is 9.91. The molecule has 1 N–H and O–H groups in total. The van der Waals surface area contributed by atoms with E-state index in [2.05, 4.69) is 26.0 Å². The number of aryl methyl sites for hydroxylation is 1. The first-order chi connectivity index (χ1) is 19.8. The van der Waals surface area contributed by atoms with Crippen molar-refractivity contribution in [2.45, 2.75) is 38.0 Å². The third-order valence-corrected chi connectivity index (χ3v) is 6.80. The van der Waals surface area contributed by atoms with Crippen molar-refractivity contribution < 1.29 is 63.0 Å². The first-order valence-electron chi connectivity index (χ1n) is 11.7. The van der Waals surface area contributed by atoms with Crippen LogP contribution in [0.3, 0.4) is 0 Å². The third-order valence-electron chi connectivity index (χ3n) is 6.09. The molecule has 43 heavy (non-hydrogen) atoms. The standard InChI is InChI=1S/C27H18BrF10NO4/c1-12-8-14(29)6-7-15(12)23(41)39-19-5-3-4-16(22(19)42-2)20(40)11-17-18(28)9-13(10-21(17)43-24(30)31)25(32,26(33,34)35)27(36,37)38/h3-10,24H,11H2,1-2H3,(H,39,41). The molecule has 0 saturated carbocycles. The number of ketones is 1. The fourth-order valence-electron chi connectivity index (χ4n) is 4.07. The van der Waals surface area contributed by atoms with Gasteiger partial charge in [0, 0.05) is 27.6 Å². The van der Waals surface area contributed by atoms with Crippen LogP contribution >= 0.6 is 15.9 Å². The Hall–Kier alpha value is -3.82. The number of benzene rings is 3. The first-order valence-corrected chi connectivity index (χ1v) is 12.5. The van der Waals surface area contributed by atoms with Crippen LogP contribution in [0.15, 0.2) is 53.0 Å². The Bertz CT molecular complexity index is 1530. The Morgan fingerprint density at radius 2 is 1.56 bits per heavy atom. The molecular formula is C27H18BrF10NO4. The normalized spacial score (nSPS) is 12.3. The maximum absolute atomic E-state index is 14.7. The predicted octanol–water partition coefficient (Wildman–Crippen LogP) is 8.47. The van der Waals surface area contributed by atoms with Crippen LogP contribution in [0.4, 0.5) is 49.6 Å². The van der Waals surface area contributed by atoms with Gasteiger partial charge >= 0.3 is 24.6 Å². The Morgan fingerprint density at radius 1 is 0.930 bits per heavy atom. The summed E-state index contributed by atoms with van der Waals surface area (Å²) in [4.78, 5) is 26.0. The molecule has 0 aliphatic heterocycles. The Labute approximate surface area is 244 Å². The lowest BCUT2D eigenvalue weighted by Gasteiger charge is -2.31. The summed E-state index contributed by atoms with van der Waals surface area (Å²) in [6.45, 7) is -2.32. The molecule has 3 aromatic carbocycles. The van der Waals surface area contributed by atoms with Gasteiger partial charge in [0.05, 0.1) is 18.4 Å². The molecule has 0 heterocycles. The average Bonchev–Trinajstić information content (AvgIpc) is 2.87. The van der Waals surface area contributed by atoms with Gasteiger partial charge in [0.1, 0.15) is 11.6 Å². The van der Waals surface area contributed by atoms with Crippen molar-refractivity contribution in [1.29, 1.82) is 0 Å². The minimum atomic E-state index is -6.55. The average molecular weight is 690 g/mol. The highest BCUT2D eigenvalue weighted by atomic mass is 79.9. The van der Waals surface area contributed by atoms with Crippen molar-refractivity contribution in [3.8, 4) is 11.5 Å². The van der Waals surface area contributed by atoms with Crippen molar-refractivity contribution in [1.82, 2.24) is 0 Å². The van der Waals surface area contributed by atoms with E-state index in [9.17, 15) is 53.5 Å². The van der Waals surface area contributed by atoms with Crippen LogP contribution in [0.1, 0.15) is 37.4 Å². The monoisotopic (exact) mass is 689 g/mol. The van der Waals surface area contributed by atoms with E-state index in [1.54, 1.807) is 0 Å². The maximum Gasteiger partial charge on any atom is 0.435 e. The molecule has 5 nitrogen and oxygen atoms in total. The molecule has 0 aliphatic carbocycles. The summed E-state index contributed by atoms with van der Waals surface area (Å²) < 4.78 is 143. The van der Waals surface area contributed by atoms with Gasteiger partial charge in [-0.25, -0.2) is 8.78 Å². The van der Waals surface area contributed by atoms with Crippen molar-refractivity contribution in [3.05, 3.63) is 86.6 Å². The summed E-state index contributed by atoms with van der Waals surface area (Å²) in [5.74, 6) is -3.88. The zero-order chi connectivity index (χ0) is 32.5. The third kappa shape index (κ3) is 6.89. The SMILES string of the molecule is COc1c(NC(=O)c2ccc(F)cc2C)cccc1C(=O)Cc1c(Br)cc(C(F)(C(F)(F)F)C(F)(F)F)cc1OC(F)F. The lowest BCUT2D eigenvalue weighted by Crippen LogP contribution is -2.50. The summed E-state index contributed by atoms with van der Waals surface area (Å²) >= 11 is 2.64. The number of nitrogens with one attached hydrogen (secondary N) is 1. The van der Waals surface area contributed by atoms with Crippen molar-refractivity contribution in [3.63, 3.8) is 0 Å². The number of amides is 1. The number of methoxy groups -OCH3 is 1. The van der Waals surface area contributed by atoms with Crippen LogP contribution in [0.25, 0.3) is 0 Å². The zero-order valence-corrected chi connectivity index (χ0v) is 23.3. The van der Waals surface area contributed by atoms with E-state index in [0.717, 1.165) is 19.2 Å². The first kappa shape index (κ1) is 33.7. The number of hydrogen-bond acceptors (Lipinski definition) is 4. The number of alkyl halides is 9. The highest BCUT2D eigenvalue weighted by Crippen LogP contribution is 2.54. The molecule has 16 heteroatoms. The molecule has 0 bridgehead atoms. The molecule has 1 amide bonds. The summed E-state index contributed by atoms with van der Waals surface area (Å²) in [6.07, 6.45) is -14.1. The number of ether oxygens (including phenoxy) is 2. The summed E-state index contributed by atoms with van der Waals surface area (Å²) in [7, 11) is 1.11. The van der Waals surface area contributed by atoms with E-state index in [-0.39, 0.29) is 40.3 Å². The van der Waals surface area contributed by atoms with Crippen LogP contribution in [0.5, 0.6) is 11.5 Å². The van der Waals surface area contributed by atoms with Crippen LogP contribution in [0.2, 0.25) is 0 Å². The van der Waals surface area contributed by atoms with Gasteiger partial charge in [-0.3, -0.25) is 9.59 Å². The fourth-order valence-corrected chi connectivity index (χ4v) is 4.66. The Kier molecular flexibility index (Phi) is 9.73. The molecule has 0 aliphatic rings. The number of para-hydroxylation sites is 1. The van der Waals surface area contributed by atoms with Crippen LogP contribution < -0.4 is 14.8 Å². The molecule has 0 radical (unpaired) electrons. The fraction of sp³-hybridized carbons (Fsp3) is 0.259. The number of anilines is 1. The minimum Gasteiger partial charge on any atom is -0.494 e. The summed E-state index contributed by atoms with van der Waals surface area (Å²) in [5.41, 5.74) is -8.75. The number of halogens is 11. The molecule has 0 unspecified atom stereocenters. The minimum absolute atomic E-state index is 0.0564. The molecule has 0 spiro atoms. The van der Waals surface area contributed by atoms with Gasteiger partial charge in [-0.05, 0) is 55.0 Å². The van der Waals surface area contributed by atoms with Crippen LogP contribution in [-0.2, 0) is 12.1 Å². The molecule has 232 valence electrons. The number of rotatable bonds is 9. The molecule has 0 saturated heterocycles. The highest BCUT2D eigenvalue weighted by Gasteiger charge is 2.73. The molecule has 3 rings (SSSR count). The van der Waals surface area contributed by atoms with Gasteiger partial charge in [-0.1, -0.05) is 22.0 Å². The predicted molar refractivity (Wildman–Crippen MR) is 136 cm³/mol. The summed E-state index contributed by atoms with van der Waals surface area (Å²) in [5, 5.41) is 2.47. The van der Waals surface area contributed by atoms with Gasteiger partial charge in [-0.15, -0.1) is 0 Å². The lowest BCUT2D eigenvalue weighted by molar-refractivity contribution is -0.348. The number of carbonyl (C=O) groups is 2. The van der Waals surface area contributed by atoms with Gasteiger partial charge < -0.3 is 14.8 Å². The van der Waals surface area contributed by atoms with Gasteiger partial charge in [-0.2, -0.15) is 35.1 Å². The summed E-state index contributed by atoms with van der Waals surface area (Å²) in [6, 6.07) is 6.97. The number of Topliss-reactive ketones (excluding diaryl/α,β-unsaturated/α-hetero) is 1. The molecule has 0 aromatic heterocycles. The van der Waals surface area contributed by atoms with Crippen LogP contribution in [-0.4, -0.2) is 37.8 Å². The van der Waals surface area contributed by atoms with E-state index in [4.69, 9.17) is 4.74 Å². The second-order valence-electron chi connectivity index (χ2n) is 8.87.